The van der Waals surface area contributed by atoms with E-state index in [1.54, 1.807) is 4.90 Å². The number of carbonyl (C=O) groups excluding carboxylic acids is 2. The van der Waals surface area contributed by atoms with Crippen LogP contribution in [0.5, 0.6) is 0 Å². The van der Waals surface area contributed by atoms with Crippen LogP contribution < -0.4 is 0 Å². The number of carbonyl (C=O) groups is 2. The third-order valence-electron chi connectivity index (χ3n) is 4.71. The molecule has 0 unspecified atom stereocenters. The summed E-state index contributed by atoms with van der Waals surface area (Å²) in [5, 5.41) is 0. The molecule has 3 rings (SSSR count). The van der Waals surface area contributed by atoms with Crippen LogP contribution in [0.3, 0.4) is 0 Å². The summed E-state index contributed by atoms with van der Waals surface area (Å²) in [6.07, 6.45) is 0. The number of ether oxygens (including phenoxy) is 1. The normalized spacial score (nSPS) is 14.8. The summed E-state index contributed by atoms with van der Waals surface area (Å²) in [7, 11) is 0. The Hall–Kier alpha value is -2.80. The van der Waals surface area contributed by atoms with Crippen molar-refractivity contribution >= 4 is 11.9 Å². The molecule has 0 spiro atoms. The van der Waals surface area contributed by atoms with Gasteiger partial charge in [0.15, 0.2) is 6.61 Å². The number of aryl methyl sites for hydroxylation is 1. The molecular weight excluding hydrogens is 366 g/mol. The van der Waals surface area contributed by atoms with Crippen LogP contribution >= 0.6 is 0 Å². The first-order chi connectivity index (χ1) is 13.4. The van der Waals surface area contributed by atoms with Crippen molar-refractivity contribution in [3.8, 4) is 0 Å². The lowest BCUT2D eigenvalue weighted by Crippen LogP contribution is -2.49. The second kappa shape index (κ2) is 8.93. The fourth-order valence-electron chi connectivity index (χ4n) is 3.21. The van der Waals surface area contributed by atoms with E-state index >= 15 is 0 Å². The zero-order valence-corrected chi connectivity index (χ0v) is 15.7. The Balaban J connectivity index is 1.47. The van der Waals surface area contributed by atoms with E-state index in [1.807, 2.05) is 6.07 Å². The number of esters is 1. The number of piperazine rings is 1. The molecular formula is C21H22F2N2O3. The number of rotatable bonds is 5. The molecule has 7 heteroatoms. The first kappa shape index (κ1) is 19.9. The second-order valence-corrected chi connectivity index (χ2v) is 6.82. The van der Waals surface area contributed by atoms with Gasteiger partial charge >= 0.3 is 5.97 Å². The molecule has 0 N–H and O–H groups in total. The Morgan fingerprint density at radius 1 is 1.00 bits per heavy atom. The number of halogens is 2. The summed E-state index contributed by atoms with van der Waals surface area (Å²) < 4.78 is 32.0. The van der Waals surface area contributed by atoms with Gasteiger partial charge in [0.05, 0.1) is 0 Å². The van der Waals surface area contributed by atoms with Gasteiger partial charge in [-0.2, -0.15) is 0 Å². The van der Waals surface area contributed by atoms with Crippen molar-refractivity contribution < 1.29 is 23.1 Å². The molecule has 148 valence electrons. The molecule has 0 bridgehead atoms. The van der Waals surface area contributed by atoms with Crippen LogP contribution in [-0.2, 0) is 16.1 Å². The van der Waals surface area contributed by atoms with E-state index in [0.717, 1.165) is 24.7 Å². The Kier molecular flexibility index (Phi) is 6.36. The maximum atomic E-state index is 13.6. The van der Waals surface area contributed by atoms with Crippen LogP contribution in [0.4, 0.5) is 8.78 Å². The summed E-state index contributed by atoms with van der Waals surface area (Å²) in [4.78, 5) is 28.0. The Morgan fingerprint density at radius 3 is 2.29 bits per heavy atom. The summed E-state index contributed by atoms with van der Waals surface area (Å²) in [6.45, 7) is 4.75. The van der Waals surface area contributed by atoms with Crippen LogP contribution in [0.1, 0.15) is 21.5 Å². The SMILES string of the molecule is Cc1cccc(CN2CCN(C(=O)COC(=O)c3c(F)cccc3F)CC2)c1. The van der Waals surface area contributed by atoms with Gasteiger partial charge in [0.25, 0.3) is 5.91 Å². The van der Waals surface area contributed by atoms with Crippen molar-refractivity contribution in [3.05, 3.63) is 70.8 Å². The van der Waals surface area contributed by atoms with Crippen LogP contribution in [-0.4, -0.2) is 54.5 Å². The highest BCUT2D eigenvalue weighted by atomic mass is 19.1. The maximum Gasteiger partial charge on any atom is 0.344 e. The number of benzene rings is 2. The molecule has 0 aliphatic carbocycles. The lowest BCUT2D eigenvalue weighted by molar-refractivity contribution is -0.136. The average molecular weight is 388 g/mol. The molecule has 1 heterocycles. The van der Waals surface area contributed by atoms with Crippen LogP contribution in [0.2, 0.25) is 0 Å². The van der Waals surface area contributed by atoms with Crippen molar-refractivity contribution in [1.29, 1.82) is 0 Å². The zero-order chi connectivity index (χ0) is 20.1. The summed E-state index contributed by atoms with van der Waals surface area (Å²) in [5.41, 5.74) is 1.65. The number of hydrogen-bond acceptors (Lipinski definition) is 4. The molecule has 1 fully saturated rings. The minimum absolute atomic E-state index is 0.375. The highest BCUT2D eigenvalue weighted by molar-refractivity contribution is 5.91. The highest BCUT2D eigenvalue weighted by Crippen LogP contribution is 2.14. The fraction of sp³-hybridized carbons (Fsp3) is 0.333. The Labute approximate surface area is 162 Å². The van der Waals surface area contributed by atoms with Crippen molar-refractivity contribution in [2.75, 3.05) is 32.8 Å². The molecule has 1 aliphatic rings. The van der Waals surface area contributed by atoms with Crippen LogP contribution in [0.25, 0.3) is 0 Å². The van der Waals surface area contributed by atoms with E-state index in [1.165, 1.54) is 11.1 Å². The fourth-order valence-corrected chi connectivity index (χ4v) is 3.21. The minimum Gasteiger partial charge on any atom is -0.452 e. The Bertz CT molecular complexity index is 844. The van der Waals surface area contributed by atoms with Gasteiger partial charge in [-0.1, -0.05) is 35.9 Å². The van der Waals surface area contributed by atoms with Crippen LogP contribution in [0.15, 0.2) is 42.5 Å². The molecule has 0 aromatic heterocycles. The number of amides is 1. The third-order valence-corrected chi connectivity index (χ3v) is 4.71. The topological polar surface area (TPSA) is 49.9 Å². The molecule has 2 aromatic carbocycles. The molecule has 1 saturated heterocycles. The van der Waals surface area contributed by atoms with E-state index in [2.05, 4.69) is 30.0 Å². The Morgan fingerprint density at radius 2 is 1.64 bits per heavy atom. The van der Waals surface area contributed by atoms with Gasteiger partial charge in [-0.15, -0.1) is 0 Å². The molecule has 28 heavy (non-hydrogen) atoms. The predicted octanol–water partition coefficient (Wildman–Crippen LogP) is 2.77. The summed E-state index contributed by atoms with van der Waals surface area (Å²) in [6, 6.07) is 11.4. The molecule has 5 nitrogen and oxygen atoms in total. The van der Waals surface area contributed by atoms with Crippen molar-refractivity contribution in [2.45, 2.75) is 13.5 Å². The summed E-state index contributed by atoms with van der Waals surface area (Å²) in [5.74, 6) is -3.58. The number of hydrogen-bond donors (Lipinski definition) is 0. The molecule has 0 atom stereocenters. The van der Waals surface area contributed by atoms with E-state index in [-0.39, 0.29) is 5.91 Å². The van der Waals surface area contributed by atoms with Gasteiger partial charge in [0, 0.05) is 32.7 Å². The third kappa shape index (κ3) is 4.92. The second-order valence-electron chi connectivity index (χ2n) is 6.82. The lowest BCUT2D eigenvalue weighted by atomic mass is 10.1. The van der Waals surface area contributed by atoms with E-state index in [4.69, 9.17) is 4.74 Å². The van der Waals surface area contributed by atoms with Crippen molar-refractivity contribution in [3.63, 3.8) is 0 Å². The van der Waals surface area contributed by atoms with Gasteiger partial charge in [-0.05, 0) is 24.6 Å². The monoisotopic (exact) mass is 388 g/mol. The minimum atomic E-state index is -1.18. The smallest absolute Gasteiger partial charge is 0.344 e. The first-order valence-electron chi connectivity index (χ1n) is 9.11. The molecule has 1 aliphatic heterocycles. The van der Waals surface area contributed by atoms with Gasteiger partial charge in [0.1, 0.15) is 17.2 Å². The predicted molar refractivity (Wildman–Crippen MR) is 99.7 cm³/mol. The van der Waals surface area contributed by atoms with E-state index in [0.29, 0.717) is 26.2 Å². The maximum absolute atomic E-state index is 13.6. The number of nitrogens with zero attached hydrogens (tertiary/aromatic N) is 2. The molecule has 0 saturated carbocycles. The standard InChI is InChI=1S/C21H22F2N2O3/c1-15-4-2-5-16(12-15)13-24-8-10-25(11-9-24)19(26)14-28-21(27)20-17(22)6-3-7-18(20)23/h2-7,12H,8-11,13-14H2,1H3. The quantitative estimate of drug-likeness (QED) is 0.739. The molecule has 1 amide bonds. The molecule has 0 radical (unpaired) electrons. The van der Waals surface area contributed by atoms with Gasteiger partial charge in [-0.25, -0.2) is 13.6 Å². The van der Waals surface area contributed by atoms with Crippen molar-refractivity contribution in [2.24, 2.45) is 0 Å². The lowest BCUT2D eigenvalue weighted by Gasteiger charge is -2.34. The largest absolute Gasteiger partial charge is 0.452 e. The first-order valence-corrected chi connectivity index (χ1v) is 9.11. The van der Waals surface area contributed by atoms with Crippen LogP contribution in [0, 0.1) is 18.6 Å². The van der Waals surface area contributed by atoms with Gasteiger partial charge < -0.3 is 9.64 Å². The average Bonchev–Trinajstić information content (AvgIpc) is 2.66. The van der Waals surface area contributed by atoms with Gasteiger partial charge in [0.2, 0.25) is 0 Å². The summed E-state index contributed by atoms with van der Waals surface area (Å²) >= 11 is 0. The highest BCUT2D eigenvalue weighted by Gasteiger charge is 2.24. The molecule has 2 aromatic rings. The van der Waals surface area contributed by atoms with Gasteiger partial charge in [-0.3, -0.25) is 9.69 Å². The van der Waals surface area contributed by atoms with Crippen molar-refractivity contribution in [1.82, 2.24) is 9.80 Å². The van der Waals surface area contributed by atoms with E-state index < -0.39 is 29.8 Å². The van der Waals surface area contributed by atoms with E-state index in [9.17, 15) is 18.4 Å². The zero-order valence-electron chi connectivity index (χ0n) is 15.7.